The van der Waals surface area contributed by atoms with E-state index in [-0.39, 0.29) is 18.2 Å². The Bertz CT molecular complexity index is 936. The highest BCUT2D eigenvalue weighted by atomic mass is 32.2. The zero-order valence-electron chi connectivity index (χ0n) is 17.2. The quantitative estimate of drug-likeness (QED) is 0.680. The van der Waals surface area contributed by atoms with Crippen molar-refractivity contribution in [3.63, 3.8) is 0 Å². The van der Waals surface area contributed by atoms with Crippen LogP contribution >= 0.6 is 0 Å². The second-order valence-electron chi connectivity index (χ2n) is 6.89. The lowest BCUT2D eigenvalue weighted by molar-refractivity contribution is 0.0955. The molecule has 0 unspecified atom stereocenters. The van der Waals surface area contributed by atoms with Crippen molar-refractivity contribution in [2.75, 3.05) is 57.6 Å². The maximum absolute atomic E-state index is 12.7. The van der Waals surface area contributed by atoms with Crippen LogP contribution in [0.1, 0.15) is 10.4 Å². The number of carbonyl (C=O) groups is 1. The third kappa shape index (κ3) is 5.43. The van der Waals surface area contributed by atoms with Gasteiger partial charge in [0.25, 0.3) is 5.91 Å². The third-order valence-corrected chi connectivity index (χ3v) is 6.88. The lowest BCUT2D eigenvalue weighted by atomic mass is 10.2. The first-order valence-electron chi connectivity index (χ1n) is 9.72. The largest absolute Gasteiger partial charge is 0.497 e. The van der Waals surface area contributed by atoms with Crippen LogP contribution in [0.25, 0.3) is 0 Å². The molecule has 1 heterocycles. The number of methoxy groups -OCH3 is 2. The van der Waals surface area contributed by atoms with Gasteiger partial charge in [0, 0.05) is 50.0 Å². The Morgan fingerprint density at radius 1 is 0.967 bits per heavy atom. The summed E-state index contributed by atoms with van der Waals surface area (Å²) in [4.78, 5) is 14.6. The number of nitrogens with one attached hydrogen (secondary N) is 1. The maximum atomic E-state index is 12.7. The summed E-state index contributed by atoms with van der Waals surface area (Å²) in [5.74, 6) is 0.452. The van der Waals surface area contributed by atoms with E-state index in [4.69, 9.17) is 9.47 Å². The standard InChI is InChI=1S/C21H27N3O5S/c1-28-19-14-17(15-20(16-19)29-2)21(25)22-8-13-30(26,27)24-11-9-23(10-12-24)18-6-4-3-5-7-18/h3-7,14-16H,8-13H2,1-2H3,(H,22,25). The molecule has 1 amide bonds. The summed E-state index contributed by atoms with van der Waals surface area (Å²) in [5, 5.41) is 2.67. The van der Waals surface area contributed by atoms with Crippen LogP contribution in [0.3, 0.4) is 0 Å². The van der Waals surface area contributed by atoms with Crippen LogP contribution in [-0.4, -0.2) is 71.3 Å². The normalized spacial score (nSPS) is 14.9. The Kier molecular flexibility index (Phi) is 7.17. The lowest BCUT2D eigenvalue weighted by Gasteiger charge is -2.35. The molecule has 0 aromatic heterocycles. The first kappa shape index (κ1) is 21.9. The smallest absolute Gasteiger partial charge is 0.251 e. The molecule has 0 saturated carbocycles. The predicted molar refractivity (Wildman–Crippen MR) is 116 cm³/mol. The van der Waals surface area contributed by atoms with Crippen molar-refractivity contribution in [2.45, 2.75) is 0 Å². The number of piperazine rings is 1. The summed E-state index contributed by atoms with van der Waals surface area (Å²) >= 11 is 0. The summed E-state index contributed by atoms with van der Waals surface area (Å²) in [7, 11) is -0.449. The van der Waals surface area contributed by atoms with E-state index in [1.165, 1.54) is 18.5 Å². The molecule has 0 bridgehead atoms. The van der Waals surface area contributed by atoms with Gasteiger partial charge in [0.05, 0.1) is 20.0 Å². The van der Waals surface area contributed by atoms with Crippen molar-refractivity contribution in [1.29, 1.82) is 0 Å². The van der Waals surface area contributed by atoms with Crippen molar-refractivity contribution in [2.24, 2.45) is 0 Å². The molecule has 0 atom stereocenters. The van der Waals surface area contributed by atoms with Gasteiger partial charge < -0.3 is 19.7 Å². The number of hydrogen-bond acceptors (Lipinski definition) is 6. The first-order valence-corrected chi connectivity index (χ1v) is 11.3. The van der Waals surface area contributed by atoms with Gasteiger partial charge in [-0.2, -0.15) is 4.31 Å². The highest BCUT2D eigenvalue weighted by Crippen LogP contribution is 2.22. The molecule has 30 heavy (non-hydrogen) atoms. The number of sulfonamides is 1. The molecule has 0 radical (unpaired) electrons. The molecule has 8 nitrogen and oxygen atoms in total. The molecule has 3 rings (SSSR count). The van der Waals surface area contributed by atoms with E-state index in [9.17, 15) is 13.2 Å². The number of carbonyl (C=O) groups excluding carboxylic acids is 1. The minimum atomic E-state index is -3.45. The van der Waals surface area contributed by atoms with Gasteiger partial charge in [0.15, 0.2) is 0 Å². The van der Waals surface area contributed by atoms with Gasteiger partial charge in [0.2, 0.25) is 10.0 Å². The lowest BCUT2D eigenvalue weighted by Crippen LogP contribution is -2.50. The predicted octanol–water partition coefficient (Wildman–Crippen LogP) is 1.59. The second kappa shape index (κ2) is 9.82. The molecule has 2 aromatic carbocycles. The molecule has 1 fully saturated rings. The van der Waals surface area contributed by atoms with E-state index in [0.717, 1.165) is 5.69 Å². The number of ether oxygens (including phenoxy) is 2. The average molecular weight is 434 g/mol. The molecule has 1 N–H and O–H groups in total. The average Bonchev–Trinajstić information content (AvgIpc) is 2.79. The van der Waals surface area contributed by atoms with Crippen molar-refractivity contribution in [3.05, 3.63) is 54.1 Å². The van der Waals surface area contributed by atoms with E-state index in [1.807, 2.05) is 30.3 Å². The number of amides is 1. The molecule has 0 aliphatic carbocycles. The minimum Gasteiger partial charge on any atom is -0.497 e. The number of anilines is 1. The topological polar surface area (TPSA) is 88.2 Å². The number of hydrogen-bond donors (Lipinski definition) is 1. The summed E-state index contributed by atoms with van der Waals surface area (Å²) in [6.07, 6.45) is 0. The van der Waals surface area contributed by atoms with E-state index in [1.54, 1.807) is 18.2 Å². The van der Waals surface area contributed by atoms with Gasteiger partial charge in [-0.3, -0.25) is 4.79 Å². The third-order valence-electron chi connectivity index (χ3n) is 5.01. The molecule has 1 aliphatic rings. The van der Waals surface area contributed by atoms with Gasteiger partial charge in [-0.25, -0.2) is 8.42 Å². The highest BCUT2D eigenvalue weighted by Gasteiger charge is 2.27. The Labute approximate surface area is 177 Å². The molecular formula is C21H27N3O5S. The minimum absolute atomic E-state index is 0.0274. The molecule has 0 spiro atoms. The Hall–Kier alpha value is -2.78. The number of nitrogens with zero attached hydrogens (tertiary/aromatic N) is 2. The van der Waals surface area contributed by atoms with Crippen LogP contribution in [0.2, 0.25) is 0 Å². The molecule has 1 saturated heterocycles. The molecule has 162 valence electrons. The molecule has 9 heteroatoms. The van der Waals surface area contributed by atoms with E-state index >= 15 is 0 Å². The highest BCUT2D eigenvalue weighted by molar-refractivity contribution is 7.89. The Morgan fingerprint density at radius 3 is 2.13 bits per heavy atom. The molecule has 2 aromatic rings. The Balaban J connectivity index is 1.51. The van der Waals surface area contributed by atoms with Gasteiger partial charge in [-0.05, 0) is 24.3 Å². The molecular weight excluding hydrogens is 406 g/mol. The number of rotatable bonds is 8. The first-order chi connectivity index (χ1) is 14.4. The summed E-state index contributed by atoms with van der Waals surface area (Å²) in [5.41, 5.74) is 1.44. The van der Waals surface area contributed by atoms with Crippen molar-refractivity contribution >= 4 is 21.6 Å². The summed E-state index contributed by atoms with van der Waals surface area (Å²) < 4.78 is 37.1. The fourth-order valence-electron chi connectivity index (χ4n) is 3.33. The van der Waals surface area contributed by atoms with Crippen molar-refractivity contribution < 1.29 is 22.7 Å². The monoisotopic (exact) mass is 433 g/mol. The van der Waals surface area contributed by atoms with Crippen LogP contribution in [0.4, 0.5) is 5.69 Å². The Morgan fingerprint density at radius 2 is 1.57 bits per heavy atom. The van der Waals surface area contributed by atoms with Crippen molar-refractivity contribution in [3.8, 4) is 11.5 Å². The van der Waals surface area contributed by atoms with Crippen LogP contribution in [0, 0.1) is 0 Å². The van der Waals surface area contributed by atoms with Gasteiger partial charge in [-0.1, -0.05) is 18.2 Å². The van der Waals surface area contributed by atoms with Gasteiger partial charge in [0.1, 0.15) is 11.5 Å². The van der Waals surface area contributed by atoms with Crippen LogP contribution in [0.5, 0.6) is 11.5 Å². The maximum Gasteiger partial charge on any atom is 0.251 e. The second-order valence-corrected chi connectivity index (χ2v) is 8.98. The van der Waals surface area contributed by atoms with E-state index in [2.05, 4.69) is 10.2 Å². The molecule has 1 aliphatic heterocycles. The van der Waals surface area contributed by atoms with Crippen LogP contribution < -0.4 is 19.7 Å². The summed E-state index contributed by atoms with van der Waals surface area (Å²) in [6, 6.07) is 14.8. The summed E-state index contributed by atoms with van der Waals surface area (Å²) in [6.45, 7) is 2.16. The van der Waals surface area contributed by atoms with E-state index in [0.29, 0.717) is 43.2 Å². The fraction of sp³-hybridized carbons (Fsp3) is 0.381. The number of para-hydroxylation sites is 1. The number of benzene rings is 2. The fourth-order valence-corrected chi connectivity index (χ4v) is 4.66. The van der Waals surface area contributed by atoms with Crippen LogP contribution in [-0.2, 0) is 10.0 Å². The zero-order valence-corrected chi connectivity index (χ0v) is 18.0. The van der Waals surface area contributed by atoms with Gasteiger partial charge >= 0.3 is 0 Å². The SMILES string of the molecule is COc1cc(OC)cc(C(=O)NCCS(=O)(=O)N2CCN(c3ccccc3)CC2)c1. The van der Waals surface area contributed by atoms with Gasteiger partial charge in [-0.15, -0.1) is 0 Å². The van der Waals surface area contributed by atoms with E-state index < -0.39 is 10.0 Å². The van der Waals surface area contributed by atoms with Crippen LogP contribution in [0.15, 0.2) is 48.5 Å². The van der Waals surface area contributed by atoms with Crippen molar-refractivity contribution in [1.82, 2.24) is 9.62 Å². The zero-order chi connectivity index (χ0) is 21.6.